The maximum absolute atomic E-state index is 12.3. The molecule has 2 N–H and O–H groups in total. The van der Waals surface area contributed by atoms with Gasteiger partial charge in [-0.2, -0.15) is 9.37 Å². The maximum atomic E-state index is 12.3. The summed E-state index contributed by atoms with van der Waals surface area (Å²) in [5.41, 5.74) is 5.07. The zero-order valence-corrected chi connectivity index (χ0v) is 6.46. The molecule has 0 unspecified atom stereocenters. The van der Waals surface area contributed by atoms with Gasteiger partial charge >= 0.3 is 0 Å². The average Bonchev–Trinajstić information content (AvgIpc) is 1.80. The van der Waals surface area contributed by atoms with E-state index in [2.05, 4.69) is 9.97 Å². The van der Waals surface area contributed by atoms with E-state index >= 15 is 0 Å². The number of nitrogens with zero attached hydrogens (tertiary/aromatic N) is 2. The number of anilines is 1. The predicted octanol–water partition coefficient (Wildman–Crippen LogP) is 0.803. The van der Waals surface area contributed by atoms with Crippen LogP contribution in [0.1, 0.15) is 0 Å². The van der Waals surface area contributed by atoms with E-state index in [-0.39, 0.29) is 5.69 Å². The van der Waals surface area contributed by atoms with E-state index in [1.54, 1.807) is 22.6 Å². The van der Waals surface area contributed by atoms with Crippen molar-refractivity contribution in [3.05, 3.63) is 16.0 Å². The zero-order valence-electron chi connectivity index (χ0n) is 4.31. The Bertz CT molecular complexity index is 227. The number of rotatable bonds is 0. The van der Waals surface area contributed by atoms with Crippen molar-refractivity contribution in [2.24, 2.45) is 0 Å². The van der Waals surface area contributed by atoms with Crippen LogP contribution in [0.5, 0.6) is 0 Å². The summed E-state index contributed by atoms with van der Waals surface area (Å²) in [6.07, 6.45) is 1.24. The Labute approximate surface area is 64.6 Å². The largest absolute Gasteiger partial charge is 0.394 e. The molecular weight excluding hydrogens is 236 g/mol. The average molecular weight is 239 g/mol. The van der Waals surface area contributed by atoms with Gasteiger partial charge in [0.15, 0.2) is 3.83 Å². The first kappa shape index (κ1) is 6.66. The number of hydrogen-bond acceptors (Lipinski definition) is 3. The van der Waals surface area contributed by atoms with Crippen molar-refractivity contribution >= 4 is 28.3 Å². The Balaban J connectivity index is 3.17. The molecule has 0 saturated heterocycles. The van der Waals surface area contributed by atoms with Gasteiger partial charge in [0, 0.05) is 22.6 Å². The fourth-order valence-corrected chi connectivity index (χ4v) is 0.702. The summed E-state index contributed by atoms with van der Waals surface area (Å²) in [6, 6.07) is 0. The molecule has 0 aliphatic heterocycles. The van der Waals surface area contributed by atoms with Gasteiger partial charge in [0.2, 0.25) is 5.95 Å². The summed E-state index contributed by atoms with van der Waals surface area (Å²) >= 11 is 1.80. The van der Waals surface area contributed by atoms with Gasteiger partial charge < -0.3 is 5.73 Å². The van der Waals surface area contributed by atoms with E-state index in [4.69, 9.17) is 5.73 Å². The lowest BCUT2D eigenvalue weighted by atomic mass is 10.6. The minimum atomic E-state index is -0.658. The number of nitrogen functional groups attached to an aromatic ring is 1. The van der Waals surface area contributed by atoms with Crippen LogP contribution in [0.15, 0.2) is 6.20 Å². The van der Waals surface area contributed by atoms with Gasteiger partial charge in [0.1, 0.15) is 5.69 Å². The Morgan fingerprint density at radius 1 is 1.67 bits per heavy atom. The molecule has 0 saturated carbocycles. The van der Waals surface area contributed by atoms with Crippen molar-refractivity contribution in [3.63, 3.8) is 0 Å². The van der Waals surface area contributed by atoms with E-state index in [1.807, 2.05) is 0 Å². The highest BCUT2D eigenvalue weighted by Gasteiger charge is 1.98. The quantitative estimate of drug-likeness (QED) is 0.414. The molecule has 0 bridgehead atoms. The first-order chi connectivity index (χ1) is 4.20. The van der Waals surface area contributed by atoms with Crippen molar-refractivity contribution in [2.45, 2.75) is 0 Å². The molecule has 48 valence electrons. The summed E-state index contributed by atoms with van der Waals surface area (Å²) in [7, 11) is 0. The van der Waals surface area contributed by atoms with Crippen LogP contribution in [-0.2, 0) is 0 Å². The molecule has 0 aromatic carbocycles. The SMILES string of the molecule is Nc1cnc(I)nc1F. The first-order valence-electron chi connectivity index (χ1n) is 2.13. The Morgan fingerprint density at radius 3 is 2.78 bits per heavy atom. The fraction of sp³-hybridized carbons (Fsp3) is 0. The van der Waals surface area contributed by atoms with Crippen molar-refractivity contribution in [1.82, 2.24) is 9.97 Å². The number of hydrogen-bond donors (Lipinski definition) is 1. The molecule has 5 heteroatoms. The molecule has 1 heterocycles. The minimum Gasteiger partial charge on any atom is -0.394 e. The zero-order chi connectivity index (χ0) is 6.85. The summed E-state index contributed by atoms with van der Waals surface area (Å²) < 4.78 is 12.7. The summed E-state index contributed by atoms with van der Waals surface area (Å²) in [5.74, 6) is -0.658. The highest BCUT2D eigenvalue weighted by atomic mass is 127. The van der Waals surface area contributed by atoms with Crippen molar-refractivity contribution < 1.29 is 4.39 Å². The van der Waals surface area contributed by atoms with Crippen LogP contribution in [0, 0.1) is 9.78 Å². The van der Waals surface area contributed by atoms with Crippen molar-refractivity contribution in [2.75, 3.05) is 5.73 Å². The third-order valence-electron chi connectivity index (χ3n) is 0.739. The van der Waals surface area contributed by atoms with Gasteiger partial charge in [-0.1, -0.05) is 0 Å². The highest BCUT2D eigenvalue weighted by molar-refractivity contribution is 14.1. The molecule has 0 spiro atoms. The molecule has 0 radical (unpaired) electrons. The molecule has 1 aromatic heterocycles. The summed E-state index contributed by atoms with van der Waals surface area (Å²) in [5, 5.41) is 0. The van der Waals surface area contributed by atoms with E-state index in [0.717, 1.165) is 0 Å². The number of halogens is 2. The van der Waals surface area contributed by atoms with Crippen LogP contribution in [0.3, 0.4) is 0 Å². The maximum Gasteiger partial charge on any atom is 0.240 e. The van der Waals surface area contributed by atoms with E-state index < -0.39 is 5.95 Å². The van der Waals surface area contributed by atoms with E-state index in [9.17, 15) is 4.39 Å². The lowest BCUT2D eigenvalue weighted by Crippen LogP contribution is -1.97. The first-order valence-corrected chi connectivity index (χ1v) is 3.21. The second-order valence-electron chi connectivity index (χ2n) is 1.39. The van der Waals surface area contributed by atoms with Gasteiger partial charge in [-0.3, -0.25) is 0 Å². The normalized spacial score (nSPS) is 9.56. The second kappa shape index (κ2) is 2.42. The third kappa shape index (κ3) is 1.47. The van der Waals surface area contributed by atoms with Crippen LogP contribution in [0.4, 0.5) is 10.1 Å². The molecule has 0 aliphatic carbocycles. The van der Waals surface area contributed by atoms with Gasteiger partial charge in [0.05, 0.1) is 6.20 Å². The molecule has 0 aliphatic rings. The summed E-state index contributed by atoms with van der Waals surface area (Å²) in [4.78, 5) is 7.01. The smallest absolute Gasteiger partial charge is 0.240 e. The van der Waals surface area contributed by atoms with Crippen molar-refractivity contribution in [1.29, 1.82) is 0 Å². The molecule has 1 rings (SSSR count). The number of nitrogens with two attached hydrogens (primary N) is 1. The van der Waals surface area contributed by atoms with Crippen LogP contribution >= 0.6 is 22.6 Å². The molecule has 1 aromatic rings. The minimum absolute atomic E-state index is 0.0181. The number of aromatic nitrogens is 2. The monoisotopic (exact) mass is 239 g/mol. The fourth-order valence-electron chi connectivity index (χ4n) is 0.350. The predicted molar refractivity (Wildman–Crippen MR) is 39.1 cm³/mol. The molecule has 0 atom stereocenters. The Morgan fingerprint density at radius 2 is 2.33 bits per heavy atom. The Hall–Kier alpha value is -0.460. The van der Waals surface area contributed by atoms with E-state index in [0.29, 0.717) is 3.83 Å². The van der Waals surface area contributed by atoms with E-state index in [1.165, 1.54) is 6.20 Å². The highest BCUT2D eigenvalue weighted by Crippen LogP contribution is 2.04. The summed E-state index contributed by atoms with van der Waals surface area (Å²) in [6.45, 7) is 0. The van der Waals surface area contributed by atoms with Crippen LogP contribution in [-0.4, -0.2) is 9.97 Å². The molecule has 0 amide bonds. The third-order valence-corrected chi connectivity index (χ3v) is 1.26. The van der Waals surface area contributed by atoms with Gasteiger partial charge in [0.25, 0.3) is 0 Å². The molecular formula is C4H3FIN3. The van der Waals surface area contributed by atoms with Crippen LogP contribution < -0.4 is 5.73 Å². The second-order valence-corrected chi connectivity index (χ2v) is 2.35. The molecule has 0 fully saturated rings. The van der Waals surface area contributed by atoms with Crippen LogP contribution in [0.25, 0.3) is 0 Å². The van der Waals surface area contributed by atoms with Gasteiger partial charge in [-0.25, -0.2) is 4.98 Å². The van der Waals surface area contributed by atoms with Gasteiger partial charge in [-0.15, -0.1) is 0 Å². The topological polar surface area (TPSA) is 51.8 Å². The molecule has 3 nitrogen and oxygen atoms in total. The standard InChI is InChI=1S/C4H3FIN3/c5-3-2(7)1-8-4(6)9-3/h1H,7H2. The molecule has 9 heavy (non-hydrogen) atoms. The van der Waals surface area contributed by atoms with Crippen molar-refractivity contribution in [3.8, 4) is 0 Å². The van der Waals surface area contributed by atoms with Crippen LogP contribution in [0.2, 0.25) is 0 Å². The Kier molecular flexibility index (Phi) is 1.79. The lowest BCUT2D eigenvalue weighted by molar-refractivity contribution is 0.580. The van der Waals surface area contributed by atoms with Gasteiger partial charge in [-0.05, 0) is 0 Å². The lowest BCUT2D eigenvalue weighted by Gasteiger charge is -1.91.